The van der Waals surface area contributed by atoms with Crippen molar-refractivity contribution in [2.24, 2.45) is 5.73 Å². The van der Waals surface area contributed by atoms with Crippen LogP contribution in [0.3, 0.4) is 0 Å². The largest absolute Gasteiger partial charge is 0.379 e. The zero-order valence-electron chi connectivity index (χ0n) is 5.56. The minimum Gasteiger partial charge on any atom is -0.379 e. The summed E-state index contributed by atoms with van der Waals surface area (Å²) < 4.78 is 14.9. The lowest BCUT2D eigenvalue weighted by atomic mass is 10.7. The second kappa shape index (κ2) is 4.82. The first kappa shape index (κ1) is 10.1. The molecule has 0 bridgehead atoms. The zero-order valence-corrected chi connectivity index (χ0v) is 6.46. The molecule has 0 aromatic carbocycles. The van der Waals surface area contributed by atoms with E-state index in [0.717, 1.165) is 0 Å². The van der Waals surface area contributed by atoms with Gasteiger partial charge in [-0.1, -0.05) is 0 Å². The van der Waals surface area contributed by atoms with E-state index in [4.69, 9.17) is 20.3 Å². The summed E-state index contributed by atoms with van der Waals surface area (Å²) in [6.07, 6.45) is -0.229. The maximum atomic E-state index is 10.2. The minimum absolute atomic E-state index is 0.0709. The van der Waals surface area contributed by atoms with Crippen LogP contribution in [0, 0.1) is 0 Å². The molecule has 0 aliphatic carbocycles. The molecule has 0 saturated carbocycles. The van der Waals surface area contributed by atoms with Gasteiger partial charge in [0.25, 0.3) is 0 Å². The van der Waals surface area contributed by atoms with E-state index in [2.05, 4.69) is 0 Å². The van der Waals surface area contributed by atoms with Gasteiger partial charge in [0.1, 0.15) is 0 Å². The smallest absolute Gasteiger partial charge is 0.327 e. The van der Waals surface area contributed by atoms with E-state index in [1.54, 1.807) is 0 Å². The Balaban J connectivity index is 3.13. The van der Waals surface area contributed by atoms with Crippen molar-refractivity contribution in [3.8, 4) is 0 Å². The van der Waals surface area contributed by atoms with E-state index in [-0.39, 0.29) is 12.8 Å². The van der Waals surface area contributed by atoms with E-state index in [1.165, 1.54) is 0 Å². The van der Waals surface area contributed by atoms with E-state index in [9.17, 15) is 4.57 Å². The van der Waals surface area contributed by atoms with Crippen molar-refractivity contribution in [1.82, 2.24) is 0 Å². The van der Waals surface area contributed by atoms with Crippen LogP contribution in [0.2, 0.25) is 0 Å². The Kier molecular flexibility index (Phi) is 4.85. The highest BCUT2D eigenvalue weighted by Crippen LogP contribution is 2.33. The van der Waals surface area contributed by atoms with Gasteiger partial charge in [0.05, 0.1) is 19.4 Å². The predicted octanol–water partition coefficient (Wildman–Crippen LogP) is -0.861. The molecule has 5 nitrogen and oxygen atoms in total. The Morgan fingerprint density at radius 1 is 1.40 bits per heavy atom. The first-order valence-electron chi connectivity index (χ1n) is 2.88. The van der Waals surface area contributed by atoms with Crippen molar-refractivity contribution in [2.45, 2.75) is 0 Å². The molecule has 6 heteroatoms. The molecule has 0 aliphatic heterocycles. The summed E-state index contributed by atoms with van der Waals surface area (Å²) in [6.45, 7) is 0.794. The third-order valence-electron chi connectivity index (χ3n) is 0.789. The summed E-state index contributed by atoms with van der Waals surface area (Å²) >= 11 is 0. The maximum absolute atomic E-state index is 10.2. The Bertz CT molecular complexity index is 122. The third-order valence-corrected chi connectivity index (χ3v) is 1.55. The third kappa shape index (κ3) is 8.07. The Morgan fingerprint density at radius 2 is 2.00 bits per heavy atom. The fourth-order valence-corrected chi connectivity index (χ4v) is 0.736. The van der Waals surface area contributed by atoms with Crippen LogP contribution >= 0.6 is 7.60 Å². The van der Waals surface area contributed by atoms with Crippen molar-refractivity contribution in [2.75, 3.05) is 25.9 Å². The van der Waals surface area contributed by atoms with Crippen molar-refractivity contribution in [3.05, 3.63) is 0 Å². The van der Waals surface area contributed by atoms with Gasteiger partial charge >= 0.3 is 7.60 Å². The van der Waals surface area contributed by atoms with E-state index in [1.807, 2.05) is 0 Å². The van der Waals surface area contributed by atoms with Gasteiger partial charge in [0.2, 0.25) is 0 Å². The van der Waals surface area contributed by atoms with Crippen LogP contribution in [0.1, 0.15) is 0 Å². The molecule has 0 rings (SSSR count). The Morgan fingerprint density at radius 3 is 2.40 bits per heavy atom. The molecular formula is C4H12NO4P. The molecule has 0 radical (unpaired) electrons. The number of ether oxygens (including phenoxy) is 1. The second-order valence-corrected chi connectivity index (χ2v) is 3.57. The van der Waals surface area contributed by atoms with Gasteiger partial charge in [-0.05, 0) is 0 Å². The predicted molar refractivity (Wildman–Crippen MR) is 36.8 cm³/mol. The van der Waals surface area contributed by atoms with Crippen molar-refractivity contribution >= 4 is 7.60 Å². The SMILES string of the molecule is NCCOCCP(=O)(O)O. The number of hydrogen-bond acceptors (Lipinski definition) is 3. The molecule has 10 heavy (non-hydrogen) atoms. The molecule has 0 heterocycles. The van der Waals surface area contributed by atoms with Gasteiger partial charge < -0.3 is 20.3 Å². The van der Waals surface area contributed by atoms with E-state index >= 15 is 0 Å². The fraction of sp³-hybridized carbons (Fsp3) is 1.00. The number of nitrogens with two attached hydrogens (primary N) is 1. The molecule has 0 aromatic heterocycles. The molecule has 0 saturated heterocycles. The fourth-order valence-electron chi connectivity index (χ4n) is 0.369. The summed E-state index contributed by atoms with van der Waals surface area (Å²) in [6, 6.07) is 0. The molecular weight excluding hydrogens is 157 g/mol. The molecule has 0 fully saturated rings. The maximum Gasteiger partial charge on any atom is 0.327 e. The van der Waals surface area contributed by atoms with Gasteiger partial charge in [-0.25, -0.2) is 0 Å². The average molecular weight is 169 g/mol. The van der Waals surface area contributed by atoms with Crippen LogP contribution in [0.5, 0.6) is 0 Å². The lowest BCUT2D eigenvalue weighted by Gasteiger charge is -2.03. The normalized spacial score (nSPS) is 11.9. The lowest BCUT2D eigenvalue weighted by Crippen LogP contribution is -2.10. The van der Waals surface area contributed by atoms with Crippen LogP contribution in [-0.4, -0.2) is 35.7 Å². The molecule has 0 spiro atoms. The molecule has 4 N–H and O–H groups in total. The molecule has 0 atom stereocenters. The first-order valence-corrected chi connectivity index (χ1v) is 4.68. The van der Waals surface area contributed by atoms with Crippen molar-refractivity contribution in [3.63, 3.8) is 0 Å². The Labute approximate surface area is 59.3 Å². The molecule has 0 aliphatic rings. The highest BCUT2D eigenvalue weighted by molar-refractivity contribution is 7.51. The summed E-state index contributed by atoms with van der Waals surface area (Å²) in [5, 5.41) is 0. The molecule has 0 amide bonds. The standard InChI is InChI=1S/C4H12NO4P/c5-1-2-9-3-4-10(6,7)8/h1-5H2,(H2,6,7,8). The van der Waals surface area contributed by atoms with Crippen molar-refractivity contribution in [1.29, 1.82) is 0 Å². The second-order valence-electron chi connectivity index (χ2n) is 1.79. The van der Waals surface area contributed by atoms with Gasteiger partial charge in [0, 0.05) is 6.54 Å². The molecule has 0 aromatic rings. The van der Waals surface area contributed by atoms with Gasteiger partial charge in [-0.15, -0.1) is 0 Å². The summed E-state index contributed by atoms with van der Waals surface area (Å²) in [7, 11) is -3.87. The monoisotopic (exact) mass is 169 g/mol. The summed E-state index contributed by atoms with van der Waals surface area (Å²) in [5.41, 5.74) is 5.06. The lowest BCUT2D eigenvalue weighted by molar-refractivity contribution is 0.153. The highest BCUT2D eigenvalue weighted by Gasteiger charge is 2.11. The topological polar surface area (TPSA) is 92.8 Å². The van der Waals surface area contributed by atoms with Crippen LogP contribution in [0.4, 0.5) is 0 Å². The van der Waals surface area contributed by atoms with Gasteiger partial charge in [0.15, 0.2) is 0 Å². The van der Waals surface area contributed by atoms with Crippen LogP contribution in [0.15, 0.2) is 0 Å². The van der Waals surface area contributed by atoms with Crippen LogP contribution < -0.4 is 5.73 Å². The van der Waals surface area contributed by atoms with Crippen LogP contribution in [0.25, 0.3) is 0 Å². The zero-order chi connectivity index (χ0) is 8.04. The molecule has 62 valence electrons. The quantitative estimate of drug-likeness (QED) is 0.368. The molecule has 0 unspecified atom stereocenters. The minimum atomic E-state index is -3.87. The average Bonchev–Trinajstić information content (AvgIpc) is 1.78. The summed E-state index contributed by atoms with van der Waals surface area (Å²) in [5.74, 6) is 0. The summed E-state index contributed by atoms with van der Waals surface area (Å²) in [4.78, 5) is 16.6. The highest BCUT2D eigenvalue weighted by atomic mass is 31.2. The Hall–Kier alpha value is 0.0700. The van der Waals surface area contributed by atoms with Crippen LogP contribution in [-0.2, 0) is 9.30 Å². The number of rotatable bonds is 5. The van der Waals surface area contributed by atoms with Gasteiger partial charge in [-0.2, -0.15) is 0 Å². The van der Waals surface area contributed by atoms with E-state index in [0.29, 0.717) is 13.2 Å². The van der Waals surface area contributed by atoms with E-state index < -0.39 is 7.60 Å². The van der Waals surface area contributed by atoms with Crippen molar-refractivity contribution < 1.29 is 19.1 Å². The van der Waals surface area contributed by atoms with Gasteiger partial charge in [-0.3, -0.25) is 4.57 Å². The number of hydrogen-bond donors (Lipinski definition) is 3. The first-order chi connectivity index (χ1) is 4.56.